The van der Waals surface area contributed by atoms with Crippen LogP contribution in [0, 0.1) is 12.7 Å². The van der Waals surface area contributed by atoms with E-state index in [0.717, 1.165) is 5.56 Å². The highest BCUT2D eigenvalue weighted by molar-refractivity contribution is 9.10. The van der Waals surface area contributed by atoms with E-state index in [2.05, 4.69) is 21.2 Å². The fourth-order valence-corrected chi connectivity index (χ4v) is 2.10. The molecule has 0 bridgehead atoms. The van der Waals surface area contributed by atoms with Gasteiger partial charge in [-0.3, -0.25) is 4.79 Å². The Hall–Kier alpha value is -1.88. The molecule has 1 unspecified atom stereocenters. The van der Waals surface area contributed by atoms with Gasteiger partial charge in [0.15, 0.2) is 17.7 Å². The molecule has 3 nitrogen and oxygen atoms in total. The summed E-state index contributed by atoms with van der Waals surface area (Å²) >= 11 is 3.17. The van der Waals surface area contributed by atoms with Crippen LogP contribution in [-0.4, -0.2) is 12.0 Å². The fraction of sp³-hybridized carbons (Fsp3) is 0.188. The second kappa shape index (κ2) is 6.72. The summed E-state index contributed by atoms with van der Waals surface area (Å²) < 4.78 is 19.7. The number of aryl methyl sites for hydroxylation is 1. The van der Waals surface area contributed by atoms with Crippen molar-refractivity contribution in [3.8, 4) is 5.75 Å². The zero-order valence-electron chi connectivity index (χ0n) is 11.7. The van der Waals surface area contributed by atoms with E-state index in [1.807, 2.05) is 25.1 Å². The van der Waals surface area contributed by atoms with Crippen LogP contribution in [0.3, 0.4) is 0 Å². The number of amides is 1. The molecule has 0 heterocycles. The maximum absolute atomic E-state index is 13.7. The summed E-state index contributed by atoms with van der Waals surface area (Å²) in [6.07, 6.45) is -0.805. The Morgan fingerprint density at radius 3 is 2.67 bits per heavy atom. The summed E-state index contributed by atoms with van der Waals surface area (Å²) in [6.45, 7) is 3.48. The molecule has 0 aromatic heterocycles. The van der Waals surface area contributed by atoms with E-state index < -0.39 is 11.9 Å². The lowest BCUT2D eigenvalue weighted by atomic mass is 10.2. The van der Waals surface area contributed by atoms with Crippen LogP contribution < -0.4 is 10.1 Å². The van der Waals surface area contributed by atoms with Gasteiger partial charge in [-0.15, -0.1) is 0 Å². The number of hydrogen-bond acceptors (Lipinski definition) is 2. The number of anilines is 1. The largest absolute Gasteiger partial charge is 0.478 e. The van der Waals surface area contributed by atoms with Gasteiger partial charge in [-0.05, 0) is 43.7 Å². The van der Waals surface area contributed by atoms with Crippen molar-refractivity contribution in [1.82, 2.24) is 0 Å². The van der Waals surface area contributed by atoms with E-state index in [0.29, 0.717) is 10.2 Å². The Morgan fingerprint density at radius 2 is 2.00 bits per heavy atom. The van der Waals surface area contributed by atoms with Gasteiger partial charge < -0.3 is 10.1 Å². The van der Waals surface area contributed by atoms with Crippen molar-refractivity contribution < 1.29 is 13.9 Å². The minimum atomic E-state index is -0.805. The van der Waals surface area contributed by atoms with Gasteiger partial charge in [-0.2, -0.15) is 0 Å². The van der Waals surface area contributed by atoms with Crippen LogP contribution in [0.5, 0.6) is 5.75 Å². The van der Waals surface area contributed by atoms with E-state index in [9.17, 15) is 9.18 Å². The molecular formula is C16H15BrFNO2. The van der Waals surface area contributed by atoms with Gasteiger partial charge in [0.05, 0.1) is 0 Å². The first kappa shape index (κ1) is 15.5. The summed E-state index contributed by atoms with van der Waals surface area (Å²) in [5.74, 6) is -0.794. The Bertz CT molecular complexity index is 660. The van der Waals surface area contributed by atoms with E-state index in [4.69, 9.17) is 4.74 Å². The van der Waals surface area contributed by atoms with Crippen molar-refractivity contribution in [3.63, 3.8) is 0 Å². The van der Waals surface area contributed by atoms with Crippen LogP contribution in [-0.2, 0) is 4.79 Å². The van der Waals surface area contributed by atoms with Crippen molar-refractivity contribution in [2.45, 2.75) is 20.0 Å². The molecule has 2 aromatic carbocycles. The van der Waals surface area contributed by atoms with Gasteiger partial charge >= 0.3 is 0 Å². The Kier molecular flexibility index (Phi) is 4.96. The summed E-state index contributed by atoms with van der Waals surface area (Å²) in [6, 6.07) is 11.9. The molecule has 1 atom stereocenters. The number of rotatable bonds is 4. The van der Waals surface area contributed by atoms with Crippen LogP contribution in [0.4, 0.5) is 10.1 Å². The van der Waals surface area contributed by atoms with Gasteiger partial charge in [-0.25, -0.2) is 4.39 Å². The van der Waals surface area contributed by atoms with E-state index in [1.54, 1.807) is 19.1 Å². The topological polar surface area (TPSA) is 38.3 Å². The first-order valence-corrected chi connectivity index (χ1v) is 7.25. The van der Waals surface area contributed by atoms with Crippen molar-refractivity contribution in [3.05, 3.63) is 58.3 Å². The number of carbonyl (C=O) groups excluding carboxylic acids is 1. The number of carbonyl (C=O) groups is 1. The maximum atomic E-state index is 13.7. The van der Waals surface area contributed by atoms with Crippen LogP contribution in [0.25, 0.3) is 0 Å². The van der Waals surface area contributed by atoms with Crippen molar-refractivity contribution in [2.24, 2.45) is 0 Å². The van der Waals surface area contributed by atoms with E-state index >= 15 is 0 Å². The molecule has 1 amide bonds. The highest BCUT2D eigenvalue weighted by Gasteiger charge is 2.17. The number of halogens is 2. The molecule has 2 aromatic rings. The summed E-state index contributed by atoms with van der Waals surface area (Å²) in [7, 11) is 0. The fourth-order valence-electron chi connectivity index (χ4n) is 1.76. The van der Waals surface area contributed by atoms with Gasteiger partial charge in [0.25, 0.3) is 5.91 Å². The molecule has 0 aliphatic carbocycles. The number of hydrogen-bond donors (Lipinski definition) is 1. The summed E-state index contributed by atoms with van der Waals surface area (Å²) in [4.78, 5) is 12.1. The molecule has 0 aliphatic rings. The molecule has 1 N–H and O–H groups in total. The summed E-state index contributed by atoms with van der Waals surface area (Å²) in [5, 5.41) is 2.77. The zero-order valence-corrected chi connectivity index (χ0v) is 13.3. The lowest BCUT2D eigenvalue weighted by molar-refractivity contribution is -0.122. The smallest absolute Gasteiger partial charge is 0.265 e. The molecule has 0 saturated heterocycles. The Morgan fingerprint density at radius 1 is 1.29 bits per heavy atom. The third-order valence-electron chi connectivity index (χ3n) is 2.97. The molecule has 0 radical (unpaired) electrons. The monoisotopic (exact) mass is 351 g/mol. The highest BCUT2D eigenvalue weighted by Crippen LogP contribution is 2.23. The van der Waals surface area contributed by atoms with E-state index in [-0.39, 0.29) is 11.7 Å². The molecule has 2 rings (SSSR count). The second-order valence-electron chi connectivity index (χ2n) is 4.64. The van der Waals surface area contributed by atoms with Gasteiger partial charge in [-0.1, -0.05) is 34.1 Å². The predicted molar refractivity (Wildman–Crippen MR) is 84.0 cm³/mol. The van der Waals surface area contributed by atoms with Gasteiger partial charge in [0, 0.05) is 10.2 Å². The normalized spacial score (nSPS) is 11.8. The quantitative estimate of drug-likeness (QED) is 0.891. The van der Waals surface area contributed by atoms with Gasteiger partial charge in [0.1, 0.15) is 0 Å². The maximum Gasteiger partial charge on any atom is 0.265 e. The van der Waals surface area contributed by atoms with Crippen LogP contribution in [0.15, 0.2) is 46.9 Å². The minimum absolute atomic E-state index is 0.0469. The number of para-hydroxylation sites is 1. The molecule has 21 heavy (non-hydrogen) atoms. The number of ether oxygens (including phenoxy) is 1. The van der Waals surface area contributed by atoms with Crippen molar-refractivity contribution >= 4 is 27.5 Å². The van der Waals surface area contributed by atoms with Crippen LogP contribution in [0.1, 0.15) is 12.5 Å². The first-order valence-electron chi connectivity index (χ1n) is 6.45. The molecule has 0 aliphatic heterocycles. The molecule has 110 valence electrons. The Balaban J connectivity index is 2.04. The molecule has 0 fully saturated rings. The third kappa shape index (κ3) is 4.04. The average Bonchev–Trinajstić information content (AvgIpc) is 2.44. The van der Waals surface area contributed by atoms with Crippen molar-refractivity contribution in [2.75, 3.05) is 5.32 Å². The molecule has 0 spiro atoms. The predicted octanol–water partition coefficient (Wildman–Crippen LogP) is 4.30. The molecule has 5 heteroatoms. The third-order valence-corrected chi connectivity index (χ3v) is 3.46. The molecule has 0 saturated carbocycles. The second-order valence-corrected chi connectivity index (χ2v) is 5.55. The van der Waals surface area contributed by atoms with E-state index in [1.165, 1.54) is 12.1 Å². The molecular weight excluding hydrogens is 337 g/mol. The zero-order chi connectivity index (χ0) is 15.4. The standard InChI is InChI=1S/C16H15BrFNO2/c1-10-5-3-4-6-14(10)19-16(20)11(2)21-15-8-7-12(17)9-13(15)18/h3-9,11H,1-2H3,(H,19,20). The average molecular weight is 352 g/mol. The minimum Gasteiger partial charge on any atom is -0.478 e. The lowest BCUT2D eigenvalue weighted by Crippen LogP contribution is -2.30. The van der Waals surface area contributed by atoms with Crippen LogP contribution >= 0.6 is 15.9 Å². The SMILES string of the molecule is Cc1ccccc1NC(=O)C(C)Oc1ccc(Br)cc1F. The first-order chi connectivity index (χ1) is 9.97. The Labute approximate surface area is 131 Å². The van der Waals surface area contributed by atoms with Gasteiger partial charge in [0.2, 0.25) is 0 Å². The summed E-state index contributed by atoms with van der Waals surface area (Å²) in [5.41, 5.74) is 1.67. The number of benzene rings is 2. The highest BCUT2D eigenvalue weighted by atomic mass is 79.9. The van der Waals surface area contributed by atoms with Crippen molar-refractivity contribution in [1.29, 1.82) is 0 Å². The number of nitrogens with one attached hydrogen (secondary N) is 1. The van der Waals surface area contributed by atoms with Crippen LogP contribution in [0.2, 0.25) is 0 Å². The lowest BCUT2D eigenvalue weighted by Gasteiger charge is -2.16.